The Labute approximate surface area is 131 Å². The van der Waals surface area contributed by atoms with Crippen molar-refractivity contribution in [2.45, 2.75) is 13.3 Å². The Morgan fingerprint density at radius 3 is 2.71 bits per heavy atom. The van der Waals surface area contributed by atoms with Gasteiger partial charge in [-0.15, -0.1) is 11.3 Å². The second-order valence-corrected chi connectivity index (χ2v) is 6.13. The highest BCUT2D eigenvalue weighted by atomic mass is 32.1. The molecule has 0 aliphatic heterocycles. The summed E-state index contributed by atoms with van der Waals surface area (Å²) >= 11 is 6.48. The maximum absolute atomic E-state index is 12.1. The summed E-state index contributed by atoms with van der Waals surface area (Å²) in [5, 5.41) is 2.84. The molecule has 2 rings (SSSR count). The number of carbonyl (C=O) groups is 1. The molecule has 0 aliphatic rings. The molecule has 5 nitrogen and oxygen atoms in total. The molecule has 0 spiro atoms. The number of aromatic amines is 1. The van der Waals surface area contributed by atoms with E-state index in [-0.39, 0.29) is 12.3 Å². The van der Waals surface area contributed by atoms with Crippen LogP contribution in [-0.4, -0.2) is 25.1 Å². The van der Waals surface area contributed by atoms with Crippen molar-refractivity contribution in [1.82, 2.24) is 4.98 Å². The zero-order valence-corrected chi connectivity index (χ0v) is 13.6. The van der Waals surface area contributed by atoms with Crippen molar-refractivity contribution < 1.29 is 14.3 Å². The summed E-state index contributed by atoms with van der Waals surface area (Å²) in [6, 6.07) is 5.24. The molecule has 2 aromatic rings. The van der Waals surface area contributed by atoms with Gasteiger partial charge in [0.25, 0.3) is 0 Å². The quantitative estimate of drug-likeness (QED) is 0.828. The number of ether oxygens (including phenoxy) is 2. The summed E-state index contributed by atoms with van der Waals surface area (Å²) in [5.74, 6) is 1.11. The smallest absolute Gasteiger partial charge is 0.229 e. The van der Waals surface area contributed by atoms with Crippen molar-refractivity contribution in [3.05, 3.63) is 32.7 Å². The average Bonchev–Trinajstić information content (AvgIpc) is 2.77. The number of anilines is 1. The maximum Gasteiger partial charge on any atom is 0.229 e. The Hall–Kier alpha value is -1.86. The Morgan fingerprint density at radius 2 is 2.14 bits per heavy atom. The molecule has 1 aromatic carbocycles. The van der Waals surface area contributed by atoms with Gasteiger partial charge in [-0.2, -0.15) is 0 Å². The summed E-state index contributed by atoms with van der Waals surface area (Å²) in [7, 11) is 3.13. The third-order valence-corrected chi connectivity index (χ3v) is 4.26. The van der Waals surface area contributed by atoms with Gasteiger partial charge in [-0.05, 0) is 31.3 Å². The average molecular weight is 324 g/mol. The first-order valence-electron chi connectivity index (χ1n) is 6.24. The van der Waals surface area contributed by atoms with Gasteiger partial charge in [-0.1, -0.05) is 0 Å². The van der Waals surface area contributed by atoms with E-state index in [1.165, 1.54) is 11.3 Å². The normalized spacial score (nSPS) is 10.2. The second-order valence-electron chi connectivity index (χ2n) is 4.35. The number of nitrogens with one attached hydrogen (secondary N) is 2. The Balaban J connectivity index is 2.12. The summed E-state index contributed by atoms with van der Waals surface area (Å²) in [5.41, 5.74) is 1.54. The van der Waals surface area contributed by atoms with Crippen molar-refractivity contribution in [3.8, 4) is 11.5 Å². The summed E-state index contributed by atoms with van der Waals surface area (Å²) in [4.78, 5) is 16.1. The monoisotopic (exact) mass is 324 g/mol. The fourth-order valence-corrected chi connectivity index (χ4v) is 3.14. The molecule has 1 heterocycles. The minimum absolute atomic E-state index is 0.119. The summed E-state index contributed by atoms with van der Waals surface area (Å²) in [6.07, 6.45) is 0.277. The highest BCUT2D eigenvalue weighted by Crippen LogP contribution is 2.29. The minimum Gasteiger partial charge on any atom is -0.497 e. The standard InChI is InChI=1S/C14H16N2O3S2/c1-8-12(21-14(20)15-8)7-13(17)16-10-5-4-9(18-2)6-11(10)19-3/h4-6H,7H2,1-3H3,(H,15,20)(H,16,17). The molecule has 0 saturated carbocycles. The third-order valence-electron chi connectivity index (χ3n) is 2.93. The van der Waals surface area contributed by atoms with E-state index in [1.54, 1.807) is 32.4 Å². The second kappa shape index (κ2) is 6.73. The van der Waals surface area contributed by atoms with Crippen molar-refractivity contribution in [1.29, 1.82) is 0 Å². The number of H-pyrrole nitrogens is 1. The minimum atomic E-state index is -0.119. The van der Waals surface area contributed by atoms with Crippen LogP contribution in [-0.2, 0) is 11.2 Å². The first-order chi connectivity index (χ1) is 10.0. The van der Waals surface area contributed by atoms with E-state index in [0.717, 1.165) is 10.6 Å². The van der Waals surface area contributed by atoms with E-state index in [2.05, 4.69) is 10.3 Å². The maximum atomic E-state index is 12.1. The van der Waals surface area contributed by atoms with Crippen molar-refractivity contribution in [3.63, 3.8) is 0 Å². The number of carbonyl (C=O) groups excluding carboxylic acids is 1. The van der Waals surface area contributed by atoms with Crippen LogP contribution >= 0.6 is 23.6 Å². The van der Waals surface area contributed by atoms with E-state index in [0.29, 0.717) is 21.1 Å². The largest absolute Gasteiger partial charge is 0.497 e. The fraction of sp³-hybridized carbons (Fsp3) is 0.286. The van der Waals surface area contributed by atoms with Crippen molar-refractivity contribution in [2.75, 3.05) is 19.5 Å². The molecule has 1 amide bonds. The van der Waals surface area contributed by atoms with Gasteiger partial charge in [0.05, 0.1) is 26.3 Å². The van der Waals surface area contributed by atoms with Gasteiger partial charge < -0.3 is 19.8 Å². The van der Waals surface area contributed by atoms with E-state index >= 15 is 0 Å². The SMILES string of the molecule is COc1ccc(NC(=O)Cc2sc(=S)[nH]c2C)c(OC)c1. The lowest BCUT2D eigenvalue weighted by atomic mass is 10.2. The number of benzene rings is 1. The van der Waals surface area contributed by atoms with E-state index in [1.807, 2.05) is 6.92 Å². The first-order valence-corrected chi connectivity index (χ1v) is 7.46. The third kappa shape index (κ3) is 3.83. The molecular formula is C14H16N2O3S2. The van der Waals surface area contributed by atoms with Crippen molar-refractivity contribution in [2.24, 2.45) is 0 Å². The molecule has 0 saturated heterocycles. The number of rotatable bonds is 5. The van der Waals surface area contributed by atoms with Crippen LogP contribution in [0.1, 0.15) is 10.6 Å². The zero-order valence-electron chi connectivity index (χ0n) is 12.0. The predicted molar refractivity (Wildman–Crippen MR) is 86.1 cm³/mol. The summed E-state index contributed by atoms with van der Waals surface area (Å²) < 4.78 is 11.1. The lowest BCUT2D eigenvalue weighted by molar-refractivity contribution is -0.115. The molecule has 0 atom stereocenters. The fourth-order valence-electron chi connectivity index (χ4n) is 1.85. The molecule has 0 aliphatic carbocycles. The molecule has 0 unspecified atom stereocenters. The van der Waals surface area contributed by atoms with Crippen LogP contribution in [0.2, 0.25) is 0 Å². The molecular weight excluding hydrogens is 308 g/mol. The van der Waals surface area contributed by atoms with Crippen LogP contribution in [0.5, 0.6) is 11.5 Å². The van der Waals surface area contributed by atoms with Crippen LogP contribution in [0.25, 0.3) is 0 Å². The van der Waals surface area contributed by atoms with Crippen molar-refractivity contribution >= 4 is 35.1 Å². The lowest BCUT2D eigenvalue weighted by Gasteiger charge is -2.11. The first kappa shape index (κ1) is 15.5. The molecule has 21 heavy (non-hydrogen) atoms. The Kier molecular flexibility index (Phi) is 4.98. The number of hydrogen-bond acceptors (Lipinski definition) is 5. The van der Waals surface area contributed by atoms with Crippen LogP contribution in [0.3, 0.4) is 0 Å². The number of thiazole rings is 1. The number of amides is 1. The van der Waals surface area contributed by atoms with Gasteiger partial charge in [0.1, 0.15) is 11.5 Å². The van der Waals surface area contributed by atoms with Crippen LogP contribution in [0.4, 0.5) is 5.69 Å². The molecule has 0 fully saturated rings. The van der Waals surface area contributed by atoms with Crippen LogP contribution in [0, 0.1) is 10.9 Å². The zero-order chi connectivity index (χ0) is 15.4. The molecule has 1 aromatic heterocycles. The molecule has 2 N–H and O–H groups in total. The highest BCUT2D eigenvalue weighted by molar-refractivity contribution is 7.73. The van der Waals surface area contributed by atoms with Gasteiger partial charge in [-0.25, -0.2) is 0 Å². The number of methoxy groups -OCH3 is 2. The van der Waals surface area contributed by atoms with Gasteiger partial charge in [0, 0.05) is 16.6 Å². The Bertz CT molecular complexity index is 706. The predicted octanol–water partition coefficient (Wildman–Crippen LogP) is 3.31. The molecule has 0 bridgehead atoms. The summed E-state index contributed by atoms with van der Waals surface area (Å²) in [6.45, 7) is 1.91. The van der Waals surface area contributed by atoms with E-state index in [9.17, 15) is 4.79 Å². The Morgan fingerprint density at radius 1 is 1.38 bits per heavy atom. The van der Waals surface area contributed by atoms with Gasteiger partial charge >= 0.3 is 0 Å². The van der Waals surface area contributed by atoms with Crippen LogP contribution in [0.15, 0.2) is 18.2 Å². The van der Waals surface area contributed by atoms with E-state index < -0.39 is 0 Å². The molecule has 7 heteroatoms. The van der Waals surface area contributed by atoms with E-state index in [4.69, 9.17) is 21.7 Å². The van der Waals surface area contributed by atoms with Gasteiger partial charge in [0.2, 0.25) is 5.91 Å². The number of aryl methyl sites for hydroxylation is 1. The topological polar surface area (TPSA) is 63.3 Å². The lowest BCUT2D eigenvalue weighted by Crippen LogP contribution is -2.15. The van der Waals surface area contributed by atoms with Gasteiger partial charge in [0.15, 0.2) is 3.95 Å². The van der Waals surface area contributed by atoms with Gasteiger partial charge in [-0.3, -0.25) is 4.79 Å². The number of aromatic nitrogens is 1. The molecule has 0 radical (unpaired) electrons. The van der Waals surface area contributed by atoms with Crippen LogP contribution < -0.4 is 14.8 Å². The highest BCUT2D eigenvalue weighted by Gasteiger charge is 2.12. The molecule has 112 valence electrons. The number of hydrogen-bond donors (Lipinski definition) is 2.